The molecule has 0 saturated carbocycles. The fraction of sp³-hybridized carbons (Fsp3) is 0.250. The molecule has 0 unspecified atom stereocenters. The van der Waals surface area contributed by atoms with Gasteiger partial charge in [-0.3, -0.25) is 0 Å². The normalized spacial score (nSPS) is 10.6. The van der Waals surface area contributed by atoms with E-state index in [-0.39, 0.29) is 0 Å². The molecule has 72 valence electrons. The number of para-hydroxylation sites is 1. The number of carbonyl (C=O) groups is 1. The summed E-state index contributed by atoms with van der Waals surface area (Å²) in [4.78, 5) is 13.7. The molecular formula is C12H13NO. The molecule has 0 amide bonds. The number of aromatic nitrogens is 1. The molecule has 2 nitrogen and oxygen atoms in total. The average Bonchev–Trinajstić information content (AvgIpc) is 2.51. The molecule has 2 heteroatoms. The molecule has 0 saturated heterocycles. The van der Waals surface area contributed by atoms with Crippen LogP contribution < -0.4 is 0 Å². The van der Waals surface area contributed by atoms with Crippen molar-refractivity contribution in [1.82, 2.24) is 4.98 Å². The molecule has 1 heterocycles. The Morgan fingerprint density at radius 3 is 2.93 bits per heavy atom. The number of rotatable bonds is 3. The number of aromatic amines is 1. The molecule has 1 aromatic carbocycles. The van der Waals surface area contributed by atoms with Gasteiger partial charge in [0.05, 0.1) is 0 Å². The highest BCUT2D eigenvalue weighted by molar-refractivity contribution is 5.84. The Hall–Kier alpha value is -1.57. The average molecular weight is 187 g/mol. The maximum Gasteiger partial charge on any atom is 0.120 e. The lowest BCUT2D eigenvalue weighted by Crippen LogP contribution is -1.87. The van der Waals surface area contributed by atoms with Crippen molar-refractivity contribution in [3.63, 3.8) is 0 Å². The third kappa shape index (κ3) is 1.43. The number of benzene rings is 1. The first-order valence-electron chi connectivity index (χ1n) is 4.82. The number of fused-ring (bicyclic) bond motifs is 1. The van der Waals surface area contributed by atoms with E-state index in [4.69, 9.17) is 0 Å². The standard InChI is InChI=1S/C12H13NO/c1-9-10(6-4-8-14)11-5-2-3-7-12(11)13-9/h2-3,5,7-8,13H,4,6H2,1H3. The number of H-pyrrole nitrogens is 1. The molecule has 0 bridgehead atoms. The minimum Gasteiger partial charge on any atom is -0.358 e. The number of aldehydes is 1. The van der Waals surface area contributed by atoms with Crippen molar-refractivity contribution >= 4 is 17.2 Å². The second-order valence-electron chi connectivity index (χ2n) is 3.48. The molecule has 1 N–H and O–H groups in total. The first kappa shape index (κ1) is 9.00. The van der Waals surface area contributed by atoms with E-state index in [1.54, 1.807) is 0 Å². The van der Waals surface area contributed by atoms with Gasteiger partial charge in [0.2, 0.25) is 0 Å². The summed E-state index contributed by atoms with van der Waals surface area (Å²) in [5.74, 6) is 0. The van der Waals surface area contributed by atoms with Gasteiger partial charge in [-0.15, -0.1) is 0 Å². The number of hydrogen-bond acceptors (Lipinski definition) is 1. The van der Waals surface area contributed by atoms with Crippen molar-refractivity contribution in [2.24, 2.45) is 0 Å². The van der Waals surface area contributed by atoms with E-state index in [2.05, 4.69) is 24.0 Å². The highest BCUT2D eigenvalue weighted by Gasteiger charge is 2.06. The molecule has 14 heavy (non-hydrogen) atoms. The number of aryl methyl sites for hydroxylation is 2. The van der Waals surface area contributed by atoms with Gasteiger partial charge in [-0.1, -0.05) is 18.2 Å². The molecule has 0 radical (unpaired) electrons. The van der Waals surface area contributed by atoms with Crippen LogP contribution in [0.3, 0.4) is 0 Å². The van der Waals surface area contributed by atoms with Gasteiger partial charge in [0.15, 0.2) is 0 Å². The summed E-state index contributed by atoms with van der Waals surface area (Å²) in [6, 6.07) is 8.20. The van der Waals surface area contributed by atoms with Gasteiger partial charge in [0.1, 0.15) is 6.29 Å². The van der Waals surface area contributed by atoms with E-state index in [1.165, 1.54) is 16.6 Å². The van der Waals surface area contributed by atoms with E-state index in [0.717, 1.165) is 18.2 Å². The van der Waals surface area contributed by atoms with Gasteiger partial charge in [0, 0.05) is 23.0 Å². The van der Waals surface area contributed by atoms with Crippen LogP contribution in [0, 0.1) is 6.92 Å². The van der Waals surface area contributed by atoms with Crippen molar-refractivity contribution < 1.29 is 4.79 Å². The summed E-state index contributed by atoms with van der Waals surface area (Å²) in [7, 11) is 0. The Bertz CT molecular complexity index is 456. The third-order valence-electron chi connectivity index (χ3n) is 2.54. The minimum atomic E-state index is 0.600. The van der Waals surface area contributed by atoms with Crippen LogP contribution in [0.5, 0.6) is 0 Å². The summed E-state index contributed by atoms with van der Waals surface area (Å²) in [6.07, 6.45) is 2.41. The topological polar surface area (TPSA) is 32.9 Å². The van der Waals surface area contributed by atoms with Gasteiger partial charge in [-0.2, -0.15) is 0 Å². The monoisotopic (exact) mass is 187 g/mol. The molecular weight excluding hydrogens is 174 g/mol. The first-order valence-corrected chi connectivity index (χ1v) is 4.82. The fourth-order valence-corrected chi connectivity index (χ4v) is 1.86. The van der Waals surface area contributed by atoms with E-state index in [1.807, 2.05) is 12.1 Å². The van der Waals surface area contributed by atoms with Crippen molar-refractivity contribution in [3.8, 4) is 0 Å². The summed E-state index contributed by atoms with van der Waals surface area (Å²) in [5.41, 5.74) is 3.60. The van der Waals surface area contributed by atoms with Crippen LogP contribution in [-0.2, 0) is 11.2 Å². The van der Waals surface area contributed by atoms with Gasteiger partial charge in [0.25, 0.3) is 0 Å². The highest BCUT2D eigenvalue weighted by atomic mass is 16.1. The Morgan fingerprint density at radius 1 is 1.36 bits per heavy atom. The van der Waals surface area contributed by atoms with Crippen LogP contribution in [-0.4, -0.2) is 11.3 Å². The van der Waals surface area contributed by atoms with Crippen LogP contribution in [0.4, 0.5) is 0 Å². The Kier molecular flexibility index (Phi) is 2.35. The van der Waals surface area contributed by atoms with Crippen LogP contribution >= 0.6 is 0 Å². The zero-order chi connectivity index (χ0) is 9.97. The van der Waals surface area contributed by atoms with Gasteiger partial charge >= 0.3 is 0 Å². The molecule has 0 fully saturated rings. The summed E-state index contributed by atoms with van der Waals surface area (Å²) >= 11 is 0. The quantitative estimate of drug-likeness (QED) is 0.736. The summed E-state index contributed by atoms with van der Waals surface area (Å²) < 4.78 is 0. The maximum atomic E-state index is 10.3. The number of hydrogen-bond donors (Lipinski definition) is 1. The van der Waals surface area contributed by atoms with Crippen LogP contribution in [0.25, 0.3) is 10.9 Å². The zero-order valence-electron chi connectivity index (χ0n) is 8.21. The second kappa shape index (κ2) is 3.66. The smallest absolute Gasteiger partial charge is 0.120 e. The highest BCUT2D eigenvalue weighted by Crippen LogP contribution is 2.22. The minimum absolute atomic E-state index is 0.600. The second-order valence-corrected chi connectivity index (χ2v) is 3.48. The van der Waals surface area contributed by atoms with E-state index in [0.29, 0.717) is 6.42 Å². The van der Waals surface area contributed by atoms with Gasteiger partial charge < -0.3 is 9.78 Å². The molecule has 2 aromatic rings. The fourth-order valence-electron chi connectivity index (χ4n) is 1.86. The van der Waals surface area contributed by atoms with E-state index >= 15 is 0 Å². The predicted octanol–water partition coefficient (Wildman–Crippen LogP) is 2.61. The molecule has 0 spiro atoms. The largest absolute Gasteiger partial charge is 0.358 e. The van der Waals surface area contributed by atoms with Crippen molar-refractivity contribution in [1.29, 1.82) is 0 Å². The molecule has 0 aliphatic rings. The molecule has 0 aliphatic heterocycles. The van der Waals surface area contributed by atoms with Crippen molar-refractivity contribution in [2.75, 3.05) is 0 Å². The third-order valence-corrected chi connectivity index (χ3v) is 2.54. The Balaban J connectivity index is 2.50. The van der Waals surface area contributed by atoms with Gasteiger partial charge in [-0.05, 0) is 25.0 Å². The lowest BCUT2D eigenvalue weighted by atomic mass is 10.1. The molecule has 2 rings (SSSR count). The SMILES string of the molecule is Cc1[nH]c2ccccc2c1CCC=O. The Labute approximate surface area is 82.9 Å². The Morgan fingerprint density at radius 2 is 2.14 bits per heavy atom. The van der Waals surface area contributed by atoms with Crippen LogP contribution in [0.15, 0.2) is 24.3 Å². The summed E-state index contributed by atoms with van der Waals surface area (Å²) in [6.45, 7) is 2.06. The molecule has 1 aromatic heterocycles. The van der Waals surface area contributed by atoms with E-state index < -0.39 is 0 Å². The lowest BCUT2D eigenvalue weighted by Gasteiger charge is -1.96. The number of nitrogens with one attached hydrogen (secondary N) is 1. The maximum absolute atomic E-state index is 10.3. The lowest BCUT2D eigenvalue weighted by molar-refractivity contribution is -0.107. The van der Waals surface area contributed by atoms with Crippen LogP contribution in [0.2, 0.25) is 0 Å². The predicted molar refractivity (Wildman–Crippen MR) is 57.4 cm³/mol. The van der Waals surface area contributed by atoms with Crippen LogP contribution in [0.1, 0.15) is 17.7 Å². The van der Waals surface area contributed by atoms with Crippen molar-refractivity contribution in [2.45, 2.75) is 19.8 Å². The van der Waals surface area contributed by atoms with E-state index in [9.17, 15) is 4.79 Å². The van der Waals surface area contributed by atoms with Crippen molar-refractivity contribution in [3.05, 3.63) is 35.5 Å². The van der Waals surface area contributed by atoms with Gasteiger partial charge in [-0.25, -0.2) is 0 Å². The zero-order valence-corrected chi connectivity index (χ0v) is 8.21. The molecule has 0 aliphatic carbocycles. The first-order chi connectivity index (χ1) is 6.83. The number of carbonyl (C=O) groups excluding carboxylic acids is 1. The molecule has 0 atom stereocenters. The summed E-state index contributed by atoms with van der Waals surface area (Å²) in [5, 5.41) is 1.24.